The molecule has 0 spiro atoms. The molecule has 0 atom stereocenters. The molecule has 1 heterocycles. The summed E-state index contributed by atoms with van der Waals surface area (Å²) < 4.78 is 36.4. The molecule has 0 fully saturated rings. The van der Waals surface area contributed by atoms with Gasteiger partial charge in [-0.05, 0) is 30.3 Å². The number of thiophene rings is 1. The summed E-state index contributed by atoms with van der Waals surface area (Å²) in [6, 6.07) is 6.94. The molecule has 1 aromatic carbocycles. The van der Waals surface area contributed by atoms with Crippen molar-refractivity contribution in [1.82, 2.24) is 5.32 Å². The minimum Gasteiger partial charge on any atom is -0.347 e. The smallest absolute Gasteiger partial charge is 0.270 e. The zero-order valence-corrected chi connectivity index (χ0v) is 14.2. The van der Waals surface area contributed by atoms with Gasteiger partial charge < -0.3 is 5.32 Å². The summed E-state index contributed by atoms with van der Waals surface area (Å²) in [6.07, 6.45) is 0. The predicted molar refractivity (Wildman–Crippen MR) is 82.6 cm³/mol. The number of hydrogen-bond donors (Lipinski definition) is 1. The molecule has 4 nitrogen and oxygen atoms in total. The largest absolute Gasteiger partial charge is 0.347 e. The summed E-state index contributed by atoms with van der Waals surface area (Å²) in [6.45, 7) is 0.0852. The van der Waals surface area contributed by atoms with E-state index in [9.17, 15) is 17.6 Å². The van der Waals surface area contributed by atoms with Crippen LogP contribution in [0.3, 0.4) is 0 Å². The standard InChI is InChI=1S/C12H8BrClFNO3S2/c13-7-1-3-10(15)9(5-7)12(17)16-6-8-2-4-11(20-8)21(14,18)19/h1-5H,6H2,(H,16,17). The Balaban J connectivity index is 2.08. The molecule has 1 N–H and O–H groups in total. The van der Waals surface area contributed by atoms with Gasteiger partial charge in [-0.15, -0.1) is 11.3 Å². The number of rotatable bonds is 4. The van der Waals surface area contributed by atoms with Gasteiger partial charge in [-0.25, -0.2) is 12.8 Å². The first-order valence-electron chi connectivity index (χ1n) is 5.54. The third-order valence-corrected chi connectivity index (χ3v) is 6.14. The molecule has 2 aromatic rings. The average molecular weight is 413 g/mol. The number of carbonyl (C=O) groups is 1. The van der Waals surface area contributed by atoms with Gasteiger partial charge in [-0.1, -0.05) is 15.9 Å². The highest BCUT2D eigenvalue weighted by Crippen LogP contribution is 2.24. The third-order valence-electron chi connectivity index (χ3n) is 2.47. The summed E-state index contributed by atoms with van der Waals surface area (Å²) in [4.78, 5) is 12.5. The molecule has 1 aromatic heterocycles. The van der Waals surface area contributed by atoms with Crippen LogP contribution in [0.2, 0.25) is 0 Å². The molecule has 0 saturated carbocycles. The first-order chi connectivity index (χ1) is 9.77. The van der Waals surface area contributed by atoms with Crippen LogP contribution >= 0.6 is 37.9 Å². The van der Waals surface area contributed by atoms with E-state index in [1.54, 1.807) is 0 Å². The molecule has 0 bridgehead atoms. The molecule has 9 heteroatoms. The summed E-state index contributed by atoms with van der Waals surface area (Å²) in [7, 11) is 1.44. The van der Waals surface area contributed by atoms with E-state index in [2.05, 4.69) is 21.2 Å². The molecule has 0 saturated heterocycles. The number of nitrogens with one attached hydrogen (secondary N) is 1. The van der Waals surface area contributed by atoms with Crippen LogP contribution in [0.5, 0.6) is 0 Å². The van der Waals surface area contributed by atoms with E-state index < -0.39 is 20.8 Å². The summed E-state index contributed by atoms with van der Waals surface area (Å²) >= 11 is 4.11. The predicted octanol–water partition coefficient (Wildman–Crippen LogP) is 3.51. The van der Waals surface area contributed by atoms with Crippen LogP contribution in [0.25, 0.3) is 0 Å². The highest BCUT2D eigenvalue weighted by molar-refractivity contribution is 9.10. The molecule has 0 radical (unpaired) electrons. The van der Waals surface area contributed by atoms with Gasteiger partial charge in [0, 0.05) is 20.0 Å². The normalized spacial score (nSPS) is 11.4. The van der Waals surface area contributed by atoms with Gasteiger partial charge in [0.05, 0.1) is 12.1 Å². The van der Waals surface area contributed by atoms with Crippen molar-refractivity contribution in [3.63, 3.8) is 0 Å². The molecule has 0 aliphatic heterocycles. The van der Waals surface area contributed by atoms with Crippen molar-refractivity contribution in [2.75, 3.05) is 0 Å². The fourth-order valence-electron chi connectivity index (χ4n) is 1.52. The van der Waals surface area contributed by atoms with Gasteiger partial charge in [-0.2, -0.15) is 0 Å². The second-order valence-electron chi connectivity index (χ2n) is 3.97. The summed E-state index contributed by atoms with van der Waals surface area (Å²) in [5, 5.41) is 2.52. The Bertz CT molecular complexity index is 792. The maximum atomic E-state index is 13.5. The lowest BCUT2D eigenvalue weighted by atomic mass is 10.2. The second kappa shape index (κ2) is 6.43. The van der Waals surface area contributed by atoms with Gasteiger partial charge in [0.25, 0.3) is 15.0 Å². The molecule has 2 rings (SSSR count). The van der Waals surface area contributed by atoms with Crippen LogP contribution < -0.4 is 5.32 Å². The number of halogens is 3. The highest BCUT2D eigenvalue weighted by atomic mass is 79.9. The highest BCUT2D eigenvalue weighted by Gasteiger charge is 2.15. The molecule has 112 valence electrons. The van der Waals surface area contributed by atoms with Crippen molar-refractivity contribution in [2.24, 2.45) is 0 Å². The van der Waals surface area contributed by atoms with Crippen LogP contribution in [-0.4, -0.2) is 14.3 Å². The number of amides is 1. The second-order valence-corrected chi connectivity index (χ2v) is 8.84. The zero-order chi connectivity index (χ0) is 15.6. The maximum absolute atomic E-state index is 13.5. The molecule has 21 heavy (non-hydrogen) atoms. The van der Waals surface area contributed by atoms with Crippen LogP contribution in [0.4, 0.5) is 4.39 Å². The maximum Gasteiger partial charge on any atom is 0.270 e. The lowest BCUT2D eigenvalue weighted by molar-refractivity contribution is 0.0947. The van der Waals surface area contributed by atoms with Crippen molar-refractivity contribution < 1.29 is 17.6 Å². The quantitative estimate of drug-likeness (QED) is 0.782. The van der Waals surface area contributed by atoms with Gasteiger partial charge in [0.2, 0.25) is 0 Å². The van der Waals surface area contributed by atoms with Gasteiger partial charge in [0.15, 0.2) is 0 Å². The van der Waals surface area contributed by atoms with E-state index in [1.807, 2.05) is 0 Å². The Kier molecular flexibility index (Phi) is 5.03. The van der Waals surface area contributed by atoms with E-state index in [0.29, 0.717) is 9.35 Å². The summed E-state index contributed by atoms with van der Waals surface area (Å²) in [5.41, 5.74) is -0.0916. The Morgan fingerprint density at radius 2 is 2.05 bits per heavy atom. The first-order valence-corrected chi connectivity index (χ1v) is 9.46. The molecule has 1 amide bonds. The first kappa shape index (κ1) is 16.4. The molecule has 0 aliphatic rings. The molecule has 0 aliphatic carbocycles. The van der Waals surface area contributed by atoms with E-state index in [1.165, 1.54) is 30.3 Å². The fraction of sp³-hybridized carbons (Fsp3) is 0.0833. The lowest BCUT2D eigenvalue weighted by Gasteiger charge is -2.05. The SMILES string of the molecule is O=C(NCc1ccc(S(=O)(=O)Cl)s1)c1cc(Br)ccc1F. The van der Waals surface area contributed by atoms with Crippen molar-refractivity contribution in [1.29, 1.82) is 0 Å². The zero-order valence-electron chi connectivity index (χ0n) is 10.3. The van der Waals surface area contributed by atoms with Crippen molar-refractivity contribution >= 4 is 52.9 Å². The van der Waals surface area contributed by atoms with Crippen LogP contribution in [0.15, 0.2) is 39.0 Å². The fourth-order valence-corrected chi connectivity index (χ4v) is 3.94. The van der Waals surface area contributed by atoms with Crippen molar-refractivity contribution in [3.05, 3.63) is 51.1 Å². The number of carbonyl (C=O) groups excluding carboxylic acids is 1. The lowest BCUT2D eigenvalue weighted by Crippen LogP contribution is -2.23. The minimum absolute atomic E-state index is 0.00190. The monoisotopic (exact) mass is 411 g/mol. The molecular weight excluding hydrogens is 405 g/mol. The number of benzene rings is 1. The Hall–Kier alpha value is -0.960. The van der Waals surface area contributed by atoms with Crippen molar-refractivity contribution in [2.45, 2.75) is 10.8 Å². The van der Waals surface area contributed by atoms with Crippen molar-refractivity contribution in [3.8, 4) is 0 Å². The summed E-state index contributed by atoms with van der Waals surface area (Å²) in [5.74, 6) is -1.22. The van der Waals surface area contributed by atoms with Gasteiger partial charge in [0.1, 0.15) is 10.0 Å². The van der Waals surface area contributed by atoms with Crippen LogP contribution in [0.1, 0.15) is 15.2 Å². The van der Waals surface area contributed by atoms with Gasteiger partial charge in [-0.3, -0.25) is 4.79 Å². The molecular formula is C12H8BrClFNO3S2. The average Bonchev–Trinajstić information content (AvgIpc) is 2.87. The number of hydrogen-bond acceptors (Lipinski definition) is 4. The topological polar surface area (TPSA) is 63.2 Å². The van der Waals surface area contributed by atoms with E-state index in [0.717, 1.165) is 11.3 Å². The van der Waals surface area contributed by atoms with Crippen LogP contribution in [0, 0.1) is 5.82 Å². The Morgan fingerprint density at radius 1 is 1.33 bits per heavy atom. The van der Waals surface area contributed by atoms with Gasteiger partial charge >= 0.3 is 0 Å². The minimum atomic E-state index is -3.77. The van der Waals surface area contributed by atoms with E-state index in [-0.39, 0.29) is 16.3 Å². The Morgan fingerprint density at radius 3 is 2.67 bits per heavy atom. The third kappa shape index (κ3) is 4.26. The van der Waals surface area contributed by atoms with E-state index >= 15 is 0 Å². The Labute approximate surface area is 137 Å². The molecule has 0 unspecified atom stereocenters. The van der Waals surface area contributed by atoms with E-state index in [4.69, 9.17) is 10.7 Å². The van der Waals surface area contributed by atoms with Crippen LogP contribution in [-0.2, 0) is 15.6 Å².